The summed E-state index contributed by atoms with van der Waals surface area (Å²) in [5.74, 6) is 0.585. The number of unbranched alkanes of at least 4 members (excludes halogenated alkanes) is 1. The van der Waals surface area contributed by atoms with Crippen LogP contribution in [0.25, 0.3) is 0 Å². The van der Waals surface area contributed by atoms with E-state index in [0.29, 0.717) is 5.75 Å². The Balaban J connectivity index is 4.02. The molecule has 0 aliphatic carbocycles. The summed E-state index contributed by atoms with van der Waals surface area (Å²) in [5.41, 5.74) is 0.0460. The van der Waals surface area contributed by atoms with Crippen molar-refractivity contribution in [2.45, 2.75) is 54.4 Å². The molecule has 0 aliphatic rings. The third-order valence-corrected chi connectivity index (χ3v) is 4.31. The molecule has 0 fully saturated rings. The van der Waals surface area contributed by atoms with E-state index in [4.69, 9.17) is 0 Å². The van der Waals surface area contributed by atoms with Crippen molar-refractivity contribution in [3.8, 4) is 0 Å². The van der Waals surface area contributed by atoms with E-state index in [1.54, 1.807) is 0 Å². The van der Waals surface area contributed by atoms with Gasteiger partial charge in [-0.3, -0.25) is 0 Å². The second kappa shape index (κ2) is 6.03. The molecule has 0 aromatic rings. The number of hydrogen-bond acceptors (Lipinski definition) is 2. The fourth-order valence-electron chi connectivity index (χ4n) is 1.59. The molecule has 0 bridgehead atoms. The average Bonchev–Trinajstić information content (AvgIpc) is 1.95. The first-order valence-corrected chi connectivity index (χ1v) is 8.12. The topological polar surface area (TPSA) is 34.1 Å². The van der Waals surface area contributed by atoms with Gasteiger partial charge in [0.25, 0.3) is 0 Å². The lowest BCUT2D eigenvalue weighted by Crippen LogP contribution is -2.22. The normalized spacial score (nSPS) is 14.5. The van der Waals surface area contributed by atoms with Crippen LogP contribution in [0, 0.1) is 10.8 Å². The molecule has 2 nitrogen and oxygen atoms in total. The van der Waals surface area contributed by atoms with Gasteiger partial charge in [-0.1, -0.05) is 53.7 Å². The van der Waals surface area contributed by atoms with Crippen molar-refractivity contribution in [2.24, 2.45) is 10.8 Å². The quantitative estimate of drug-likeness (QED) is 0.556. The van der Waals surface area contributed by atoms with Gasteiger partial charge < -0.3 is 0 Å². The van der Waals surface area contributed by atoms with E-state index in [-0.39, 0.29) is 16.6 Å². The summed E-state index contributed by atoms with van der Waals surface area (Å²) in [4.78, 5) is 0. The molecule has 0 radical (unpaired) electrons. The second-order valence-electron chi connectivity index (χ2n) is 7.06. The summed E-state index contributed by atoms with van der Waals surface area (Å²) < 4.78 is 23.6. The van der Waals surface area contributed by atoms with Gasteiger partial charge in [0.2, 0.25) is 0 Å². The lowest BCUT2D eigenvalue weighted by atomic mass is 9.96. The standard InChI is InChI=1S/C14H28O2S/c1-13(2,3)10-8-7-9-11-17(15,16)12-14(4,5)6/h8,10H,7,9,11-12H2,1-6H3/b10-8+. The van der Waals surface area contributed by atoms with Crippen molar-refractivity contribution in [1.82, 2.24) is 0 Å². The van der Waals surface area contributed by atoms with E-state index >= 15 is 0 Å². The van der Waals surface area contributed by atoms with E-state index in [0.717, 1.165) is 12.8 Å². The molecule has 17 heavy (non-hydrogen) atoms. The van der Waals surface area contributed by atoms with Gasteiger partial charge in [0.15, 0.2) is 9.84 Å². The van der Waals surface area contributed by atoms with E-state index in [1.807, 2.05) is 20.8 Å². The molecule has 0 atom stereocenters. The predicted molar refractivity (Wildman–Crippen MR) is 75.9 cm³/mol. The zero-order valence-electron chi connectivity index (χ0n) is 12.2. The maximum Gasteiger partial charge on any atom is 0.150 e. The summed E-state index contributed by atoms with van der Waals surface area (Å²) in [6.07, 6.45) is 5.81. The third kappa shape index (κ3) is 11.9. The Morgan fingerprint density at radius 1 is 1.00 bits per heavy atom. The minimum atomic E-state index is -2.89. The molecule has 0 saturated carbocycles. The maximum atomic E-state index is 11.8. The third-order valence-electron chi connectivity index (χ3n) is 2.10. The molecular formula is C14H28O2S. The van der Waals surface area contributed by atoms with Crippen LogP contribution in [0.2, 0.25) is 0 Å². The number of rotatable bonds is 5. The number of hydrogen-bond donors (Lipinski definition) is 0. The van der Waals surface area contributed by atoms with Gasteiger partial charge in [-0.05, 0) is 23.7 Å². The highest BCUT2D eigenvalue weighted by atomic mass is 32.2. The van der Waals surface area contributed by atoms with Gasteiger partial charge in [0.05, 0.1) is 11.5 Å². The monoisotopic (exact) mass is 260 g/mol. The Morgan fingerprint density at radius 3 is 1.94 bits per heavy atom. The smallest absolute Gasteiger partial charge is 0.150 e. The SMILES string of the molecule is CC(C)(C)/C=C/CCCS(=O)(=O)CC(C)(C)C. The zero-order chi connectivity index (χ0) is 13.7. The Morgan fingerprint density at radius 2 is 1.53 bits per heavy atom. The molecule has 0 amide bonds. The van der Waals surface area contributed by atoms with Crippen LogP contribution in [0.4, 0.5) is 0 Å². The molecule has 0 aromatic heterocycles. The molecule has 0 aliphatic heterocycles. The Labute approximate surface area is 107 Å². The van der Waals surface area contributed by atoms with Crippen molar-refractivity contribution in [3.63, 3.8) is 0 Å². The van der Waals surface area contributed by atoms with Crippen LogP contribution in [-0.2, 0) is 9.84 Å². The van der Waals surface area contributed by atoms with E-state index in [2.05, 4.69) is 32.9 Å². The van der Waals surface area contributed by atoms with Crippen LogP contribution in [0.1, 0.15) is 54.4 Å². The fraction of sp³-hybridized carbons (Fsp3) is 0.857. The minimum absolute atomic E-state index is 0.139. The first kappa shape index (κ1) is 16.7. The van der Waals surface area contributed by atoms with Gasteiger partial charge in [0.1, 0.15) is 0 Å². The first-order valence-electron chi connectivity index (χ1n) is 6.29. The highest BCUT2D eigenvalue weighted by Gasteiger charge is 2.20. The first-order chi connectivity index (χ1) is 7.41. The average molecular weight is 260 g/mol. The van der Waals surface area contributed by atoms with E-state index < -0.39 is 9.84 Å². The Kier molecular flexibility index (Phi) is 5.92. The van der Waals surface area contributed by atoms with E-state index in [9.17, 15) is 8.42 Å². The molecule has 0 saturated heterocycles. The predicted octanol–water partition coefficient (Wildman–Crippen LogP) is 3.83. The lowest BCUT2D eigenvalue weighted by molar-refractivity contribution is 0.461. The summed E-state index contributed by atoms with van der Waals surface area (Å²) in [7, 11) is -2.89. The lowest BCUT2D eigenvalue weighted by Gasteiger charge is -2.17. The largest absolute Gasteiger partial charge is 0.229 e. The van der Waals surface area contributed by atoms with Crippen molar-refractivity contribution in [3.05, 3.63) is 12.2 Å². The Hall–Kier alpha value is -0.310. The molecule has 102 valence electrons. The summed E-state index contributed by atoms with van der Waals surface area (Å²) in [5, 5.41) is 0. The van der Waals surface area contributed by atoms with Gasteiger partial charge in [0, 0.05) is 0 Å². The Bertz CT molecular complexity index is 337. The van der Waals surface area contributed by atoms with Gasteiger partial charge in [-0.15, -0.1) is 0 Å². The number of sulfone groups is 1. The molecule has 0 rings (SSSR count). The summed E-state index contributed by atoms with van der Waals surface area (Å²) in [6.45, 7) is 12.3. The highest BCUT2D eigenvalue weighted by Crippen LogP contribution is 2.18. The fourth-order valence-corrected chi connectivity index (χ4v) is 3.66. The molecule has 0 N–H and O–H groups in total. The molecule has 0 spiro atoms. The van der Waals surface area contributed by atoms with Crippen molar-refractivity contribution in [2.75, 3.05) is 11.5 Å². The van der Waals surface area contributed by atoms with Crippen LogP contribution >= 0.6 is 0 Å². The summed E-state index contributed by atoms with van der Waals surface area (Å²) in [6, 6.07) is 0. The molecule has 0 aromatic carbocycles. The molecule has 3 heteroatoms. The van der Waals surface area contributed by atoms with Crippen LogP contribution < -0.4 is 0 Å². The van der Waals surface area contributed by atoms with Gasteiger partial charge >= 0.3 is 0 Å². The zero-order valence-corrected chi connectivity index (χ0v) is 13.0. The minimum Gasteiger partial charge on any atom is -0.229 e. The van der Waals surface area contributed by atoms with Crippen LogP contribution in [0.3, 0.4) is 0 Å². The highest BCUT2D eigenvalue weighted by molar-refractivity contribution is 7.91. The summed E-state index contributed by atoms with van der Waals surface area (Å²) >= 11 is 0. The van der Waals surface area contributed by atoms with Gasteiger partial charge in [-0.2, -0.15) is 0 Å². The van der Waals surface area contributed by atoms with E-state index in [1.165, 1.54) is 0 Å². The number of allylic oxidation sites excluding steroid dienone is 2. The van der Waals surface area contributed by atoms with Crippen LogP contribution in [0.5, 0.6) is 0 Å². The van der Waals surface area contributed by atoms with Crippen molar-refractivity contribution >= 4 is 9.84 Å². The maximum absolute atomic E-state index is 11.8. The van der Waals surface area contributed by atoms with Gasteiger partial charge in [-0.25, -0.2) is 8.42 Å². The van der Waals surface area contributed by atoms with Crippen LogP contribution in [-0.4, -0.2) is 19.9 Å². The molecule has 0 heterocycles. The second-order valence-corrected chi connectivity index (χ2v) is 9.25. The van der Waals surface area contributed by atoms with Crippen molar-refractivity contribution < 1.29 is 8.42 Å². The molecular weight excluding hydrogens is 232 g/mol. The van der Waals surface area contributed by atoms with Crippen molar-refractivity contribution in [1.29, 1.82) is 0 Å². The molecule has 0 unspecified atom stereocenters. The van der Waals surface area contributed by atoms with Crippen LogP contribution in [0.15, 0.2) is 12.2 Å².